The second-order valence-corrected chi connectivity index (χ2v) is 5.38. The van der Waals surface area contributed by atoms with Gasteiger partial charge >= 0.3 is 0 Å². The van der Waals surface area contributed by atoms with Crippen molar-refractivity contribution in [3.05, 3.63) is 103 Å². The molecular weight excluding hydrogens is 501 g/mol. The first-order valence-electron chi connectivity index (χ1n) is 8.06. The van der Waals surface area contributed by atoms with Gasteiger partial charge in [0.1, 0.15) is 0 Å². The maximum absolute atomic E-state index is 4.29. The van der Waals surface area contributed by atoms with Gasteiger partial charge < -0.3 is 4.98 Å². The Morgan fingerprint density at radius 3 is 1.88 bits per heavy atom. The van der Waals surface area contributed by atoms with Crippen molar-refractivity contribution in [1.82, 2.24) is 15.0 Å². The first-order valence-corrected chi connectivity index (χ1v) is 8.06. The van der Waals surface area contributed by atoms with Gasteiger partial charge in [-0.2, -0.15) is 0 Å². The normalized spacial score (nSPS) is 9.42. The average molecular weight is 519 g/mol. The molecule has 0 saturated heterocycles. The maximum Gasteiger partial charge on any atom is 0.0915 e. The standard InChI is InChI=1S/C11H10N2.C11H8N.Pt/c1-9-5-4-8-13-11(9)10-6-2-3-7-12-10;1-2-6-10(7-3-1)11-8-4-5-9-12-11;/h2-8H,1H3;1-6,8-9H;/q;-1;. The molecule has 0 unspecified atom stereocenters. The second kappa shape index (κ2) is 10.4. The van der Waals surface area contributed by atoms with Gasteiger partial charge in [-0.25, -0.2) is 0 Å². The predicted octanol–water partition coefficient (Wildman–Crippen LogP) is 5.00. The van der Waals surface area contributed by atoms with Crippen LogP contribution in [0.5, 0.6) is 0 Å². The summed E-state index contributed by atoms with van der Waals surface area (Å²) in [5.74, 6) is 0. The summed E-state index contributed by atoms with van der Waals surface area (Å²) >= 11 is 0. The van der Waals surface area contributed by atoms with E-state index in [-0.39, 0.29) is 21.1 Å². The molecule has 0 aliphatic rings. The van der Waals surface area contributed by atoms with Crippen LogP contribution in [0.15, 0.2) is 91.4 Å². The van der Waals surface area contributed by atoms with Crippen LogP contribution in [0.1, 0.15) is 5.56 Å². The topological polar surface area (TPSA) is 38.7 Å². The first kappa shape index (κ1) is 19.7. The van der Waals surface area contributed by atoms with Gasteiger partial charge in [-0.1, -0.05) is 24.3 Å². The number of hydrogen-bond acceptors (Lipinski definition) is 3. The van der Waals surface area contributed by atoms with Crippen molar-refractivity contribution in [1.29, 1.82) is 0 Å². The number of aromatic nitrogens is 3. The molecule has 4 aromatic rings. The molecule has 26 heavy (non-hydrogen) atoms. The average Bonchev–Trinajstić information content (AvgIpc) is 2.71. The molecule has 0 saturated carbocycles. The molecule has 0 N–H and O–H groups in total. The predicted molar refractivity (Wildman–Crippen MR) is 101 cm³/mol. The third kappa shape index (κ3) is 5.43. The summed E-state index contributed by atoms with van der Waals surface area (Å²) in [6.45, 7) is 2.04. The number of benzene rings is 1. The van der Waals surface area contributed by atoms with E-state index in [2.05, 4.69) is 21.0 Å². The van der Waals surface area contributed by atoms with Gasteiger partial charge in [0.2, 0.25) is 0 Å². The summed E-state index contributed by atoms with van der Waals surface area (Å²) in [5.41, 5.74) is 5.06. The van der Waals surface area contributed by atoms with Crippen molar-refractivity contribution in [3.8, 4) is 22.6 Å². The van der Waals surface area contributed by atoms with Crippen LogP contribution in [0, 0.1) is 13.0 Å². The van der Waals surface area contributed by atoms with Gasteiger partial charge in [0.05, 0.1) is 11.4 Å². The van der Waals surface area contributed by atoms with E-state index in [9.17, 15) is 0 Å². The zero-order chi connectivity index (χ0) is 17.3. The molecule has 0 atom stereocenters. The van der Waals surface area contributed by atoms with Crippen LogP contribution >= 0.6 is 0 Å². The molecule has 0 radical (unpaired) electrons. The Balaban J connectivity index is 0.000000180. The van der Waals surface area contributed by atoms with E-state index >= 15 is 0 Å². The van der Waals surface area contributed by atoms with Crippen molar-refractivity contribution in [2.45, 2.75) is 6.92 Å². The first-order chi connectivity index (χ1) is 12.3. The van der Waals surface area contributed by atoms with Crippen LogP contribution in [-0.2, 0) is 21.1 Å². The zero-order valence-corrected chi connectivity index (χ0v) is 16.6. The van der Waals surface area contributed by atoms with E-state index in [0.29, 0.717) is 0 Å². The number of pyridine rings is 3. The van der Waals surface area contributed by atoms with E-state index in [1.165, 1.54) is 0 Å². The molecule has 0 amide bonds. The molecule has 4 heteroatoms. The molecule has 0 bridgehead atoms. The van der Waals surface area contributed by atoms with Crippen LogP contribution in [0.2, 0.25) is 0 Å². The van der Waals surface area contributed by atoms with E-state index < -0.39 is 0 Å². The van der Waals surface area contributed by atoms with Crippen LogP contribution in [0.25, 0.3) is 22.6 Å². The van der Waals surface area contributed by atoms with Crippen LogP contribution in [0.4, 0.5) is 0 Å². The van der Waals surface area contributed by atoms with E-state index in [4.69, 9.17) is 0 Å². The molecule has 1 aromatic carbocycles. The van der Waals surface area contributed by atoms with Gasteiger partial charge in [0, 0.05) is 39.7 Å². The van der Waals surface area contributed by atoms with Gasteiger partial charge in [0.15, 0.2) is 0 Å². The minimum atomic E-state index is 0. The minimum Gasteiger partial charge on any atom is -0.305 e. The maximum atomic E-state index is 4.29. The molecular formula is C22H18N3Pt-. The smallest absolute Gasteiger partial charge is 0.0915 e. The molecule has 3 heterocycles. The summed E-state index contributed by atoms with van der Waals surface area (Å²) < 4.78 is 0. The number of rotatable bonds is 2. The molecule has 3 aromatic heterocycles. The van der Waals surface area contributed by atoms with E-state index in [0.717, 1.165) is 28.2 Å². The quantitative estimate of drug-likeness (QED) is 0.350. The van der Waals surface area contributed by atoms with Crippen molar-refractivity contribution < 1.29 is 21.1 Å². The fourth-order valence-electron chi connectivity index (χ4n) is 2.33. The number of aryl methyl sites for hydroxylation is 1. The third-order valence-corrected chi connectivity index (χ3v) is 3.57. The van der Waals surface area contributed by atoms with Gasteiger partial charge in [-0.15, -0.1) is 35.9 Å². The van der Waals surface area contributed by atoms with Gasteiger partial charge in [-0.3, -0.25) is 9.97 Å². The third-order valence-electron chi connectivity index (χ3n) is 3.57. The number of nitrogens with zero attached hydrogens (tertiary/aromatic N) is 3. The van der Waals surface area contributed by atoms with Crippen molar-refractivity contribution >= 4 is 0 Å². The molecule has 0 spiro atoms. The van der Waals surface area contributed by atoms with E-state index in [1.54, 1.807) is 18.6 Å². The zero-order valence-electron chi connectivity index (χ0n) is 14.3. The molecule has 3 nitrogen and oxygen atoms in total. The summed E-state index contributed by atoms with van der Waals surface area (Å²) in [4.78, 5) is 12.8. The molecule has 0 aliphatic carbocycles. The van der Waals surface area contributed by atoms with Crippen LogP contribution < -0.4 is 0 Å². The fraction of sp³-hybridized carbons (Fsp3) is 0.0455. The monoisotopic (exact) mass is 519 g/mol. The van der Waals surface area contributed by atoms with Crippen LogP contribution in [-0.4, -0.2) is 15.0 Å². The van der Waals surface area contributed by atoms with Crippen molar-refractivity contribution in [2.24, 2.45) is 0 Å². The summed E-state index contributed by atoms with van der Waals surface area (Å²) in [7, 11) is 0. The fourth-order valence-corrected chi connectivity index (χ4v) is 2.33. The SMILES string of the molecule is Cc1cccnc1-c1ccccn1.[Pt].[c-]1ccccc1-c1ccccn1. The molecule has 0 fully saturated rings. The van der Waals surface area contributed by atoms with Crippen LogP contribution in [0.3, 0.4) is 0 Å². The molecule has 0 aliphatic heterocycles. The molecule has 4 rings (SSSR count). The van der Waals surface area contributed by atoms with Gasteiger partial charge in [0.25, 0.3) is 0 Å². The number of hydrogen-bond donors (Lipinski definition) is 0. The summed E-state index contributed by atoms with van der Waals surface area (Å²) in [6, 6.07) is 26.6. The summed E-state index contributed by atoms with van der Waals surface area (Å²) in [5, 5.41) is 0. The Kier molecular flexibility index (Phi) is 7.85. The Morgan fingerprint density at radius 2 is 1.31 bits per heavy atom. The Labute approximate surface area is 168 Å². The van der Waals surface area contributed by atoms with E-state index in [1.807, 2.05) is 79.7 Å². The largest absolute Gasteiger partial charge is 0.305 e. The van der Waals surface area contributed by atoms with Crippen molar-refractivity contribution in [2.75, 3.05) is 0 Å². The van der Waals surface area contributed by atoms with Crippen molar-refractivity contribution in [3.63, 3.8) is 0 Å². The summed E-state index contributed by atoms with van der Waals surface area (Å²) in [6.07, 6.45) is 5.36. The minimum absolute atomic E-state index is 0. The Bertz CT molecular complexity index is 860. The molecule has 132 valence electrons. The Morgan fingerprint density at radius 1 is 0.654 bits per heavy atom. The van der Waals surface area contributed by atoms with Gasteiger partial charge in [-0.05, 0) is 42.4 Å². The Hall–Kier alpha value is -2.64. The second-order valence-electron chi connectivity index (χ2n) is 5.38.